The predicted molar refractivity (Wildman–Crippen MR) is 73.4 cm³/mol. The van der Waals surface area contributed by atoms with Crippen LogP contribution in [-0.4, -0.2) is 17.6 Å². The summed E-state index contributed by atoms with van der Waals surface area (Å²) in [5.74, 6) is 0.595. The number of hydrogen-bond donors (Lipinski definition) is 0. The van der Waals surface area contributed by atoms with Crippen molar-refractivity contribution in [3.05, 3.63) is 24.0 Å². The van der Waals surface area contributed by atoms with Crippen LogP contribution >= 0.6 is 0 Å². The van der Waals surface area contributed by atoms with Crippen molar-refractivity contribution in [3.63, 3.8) is 0 Å². The molecule has 3 nitrogen and oxygen atoms in total. The SMILES string of the molecule is CC(C)CN(c1cccnc1C#N)C1CCCC1. The normalized spacial score (nSPS) is 15.9. The van der Waals surface area contributed by atoms with E-state index in [4.69, 9.17) is 0 Å². The minimum Gasteiger partial charge on any atom is -0.366 e. The van der Waals surface area contributed by atoms with Gasteiger partial charge >= 0.3 is 0 Å². The number of aromatic nitrogens is 1. The first-order valence-electron chi connectivity index (χ1n) is 6.84. The largest absolute Gasteiger partial charge is 0.366 e. The van der Waals surface area contributed by atoms with Gasteiger partial charge in [-0.25, -0.2) is 4.98 Å². The van der Waals surface area contributed by atoms with Crippen LogP contribution in [0.25, 0.3) is 0 Å². The van der Waals surface area contributed by atoms with Gasteiger partial charge < -0.3 is 4.90 Å². The molecule has 0 saturated heterocycles. The van der Waals surface area contributed by atoms with E-state index in [2.05, 4.69) is 29.8 Å². The zero-order valence-corrected chi connectivity index (χ0v) is 11.3. The summed E-state index contributed by atoms with van der Waals surface area (Å²) in [4.78, 5) is 6.60. The lowest BCUT2D eigenvalue weighted by molar-refractivity contribution is 0.535. The molecule has 1 fully saturated rings. The number of anilines is 1. The maximum atomic E-state index is 9.21. The van der Waals surface area contributed by atoms with Crippen LogP contribution in [0.5, 0.6) is 0 Å². The molecule has 0 spiro atoms. The Morgan fingerprint density at radius 3 is 2.78 bits per heavy atom. The third kappa shape index (κ3) is 2.81. The Morgan fingerprint density at radius 2 is 2.17 bits per heavy atom. The monoisotopic (exact) mass is 243 g/mol. The minimum atomic E-state index is 0.560. The van der Waals surface area contributed by atoms with Crippen molar-refractivity contribution in [2.24, 2.45) is 5.92 Å². The Hall–Kier alpha value is -1.56. The van der Waals surface area contributed by atoms with E-state index in [1.165, 1.54) is 25.7 Å². The summed E-state index contributed by atoms with van der Waals surface area (Å²) in [5.41, 5.74) is 1.57. The van der Waals surface area contributed by atoms with Gasteiger partial charge in [-0.3, -0.25) is 0 Å². The zero-order chi connectivity index (χ0) is 13.0. The molecular weight excluding hydrogens is 222 g/mol. The molecule has 1 aliphatic carbocycles. The van der Waals surface area contributed by atoms with Crippen molar-refractivity contribution in [1.29, 1.82) is 5.26 Å². The fraction of sp³-hybridized carbons (Fsp3) is 0.600. The first-order valence-corrected chi connectivity index (χ1v) is 6.84. The van der Waals surface area contributed by atoms with Crippen LogP contribution in [-0.2, 0) is 0 Å². The van der Waals surface area contributed by atoms with Crippen molar-refractivity contribution < 1.29 is 0 Å². The highest BCUT2D eigenvalue weighted by molar-refractivity contribution is 5.56. The van der Waals surface area contributed by atoms with Gasteiger partial charge in [-0.15, -0.1) is 0 Å². The molecule has 1 aliphatic rings. The summed E-state index contributed by atoms with van der Waals surface area (Å²) in [5, 5.41) is 9.21. The molecule has 0 amide bonds. The first kappa shape index (κ1) is 12.9. The van der Waals surface area contributed by atoms with E-state index in [0.717, 1.165) is 12.2 Å². The standard InChI is InChI=1S/C15H21N3/c1-12(2)11-18(13-6-3-4-7-13)15-8-5-9-17-14(15)10-16/h5,8-9,12-13H,3-4,6-7,11H2,1-2H3. The predicted octanol–water partition coefficient (Wildman–Crippen LogP) is 3.36. The molecule has 1 aromatic rings. The molecular formula is C15H21N3. The average Bonchev–Trinajstić information content (AvgIpc) is 2.89. The number of nitriles is 1. The Morgan fingerprint density at radius 1 is 1.44 bits per heavy atom. The van der Waals surface area contributed by atoms with E-state index in [9.17, 15) is 5.26 Å². The van der Waals surface area contributed by atoms with Gasteiger partial charge in [0.15, 0.2) is 5.69 Å². The van der Waals surface area contributed by atoms with E-state index in [1.54, 1.807) is 6.20 Å². The highest BCUT2D eigenvalue weighted by Crippen LogP contribution is 2.30. The number of hydrogen-bond acceptors (Lipinski definition) is 3. The van der Waals surface area contributed by atoms with Crippen LogP contribution in [0.1, 0.15) is 45.2 Å². The molecule has 0 radical (unpaired) electrons. The van der Waals surface area contributed by atoms with Crippen LogP contribution in [0.2, 0.25) is 0 Å². The summed E-state index contributed by atoms with van der Waals surface area (Å²) in [6, 6.07) is 6.77. The van der Waals surface area contributed by atoms with Gasteiger partial charge in [0.05, 0.1) is 5.69 Å². The van der Waals surface area contributed by atoms with E-state index in [1.807, 2.05) is 12.1 Å². The molecule has 0 aliphatic heterocycles. The lowest BCUT2D eigenvalue weighted by Gasteiger charge is -2.33. The molecule has 0 aromatic carbocycles. The summed E-state index contributed by atoms with van der Waals surface area (Å²) < 4.78 is 0. The third-order valence-electron chi connectivity index (χ3n) is 3.53. The molecule has 3 heteroatoms. The lowest BCUT2D eigenvalue weighted by atomic mass is 10.1. The van der Waals surface area contributed by atoms with Crippen molar-refractivity contribution >= 4 is 5.69 Å². The molecule has 1 heterocycles. The average molecular weight is 243 g/mol. The van der Waals surface area contributed by atoms with E-state index < -0.39 is 0 Å². The second kappa shape index (κ2) is 5.86. The second-order valence-corrected chi connectivity index (χ2v) is 5.47. The van der Waals surface area contributed by atoms with Crippen LogP contribution < -0.4 is 4.90 Å². The quantitative estimate of drug-likeness (QED) is 0.814. The molecule has 1 saturated carbocycles. The van der Waals surface area contributed by atoms with E-state index >= 15 is 0 Å². The summed E-state index contributed by atoms with van der Waals surface area (Å²) in [6.45, 7) is 5.46. The summed E-state index contributed by atoms with van der Waals surface area (Å²) in [7, 11) is 0. The minimum absolute atomic E-state index is 0.560. The van der Waals surface area contributed by atoms with Gasteiger partial charge in [-0.2, -0.15) is 5.26 Å². The van der Waals surface area contributed by atoms with Crippen molar-refractivity contribution in [2.75, 3.05) is 11.4 Å². The van der Waals surface area contributed by atoms with Crippen LogP contribution in [0.15, 0.2) is 18.3 Å². The molecule has 1 aromatic heterocycles. The number of pyridine rings is 1. The fourth-order valence-electron chi connectivity index (χ4n) is 2.77. The van der Waals surface area contributed by atoms with E-state index in [0.29, 0.717) is 17.7 Å². The third-order valence-corrected chi connectivity index (χ3v) is 3.53. The molecule has 18 heavy (non-hydrogen) atoms. The van der Waals surface area contributed by atoms with Crippen LogP contribution in [0.4, 0.5) is 5.69 Å². The summed E-state index contributed by atoms with van der Waals surface area (Å²) >= 11 is 0. The number of rotatable bonds is 4. The lowest BCUT2D eigenvalue weighted by Crippen LogP contribution is -2.37. The van der Waals surface area contributed by atoms with Gasteiger partial charge in [-0.1, -0.05) is 26.7 Å². The maximum Gasteiger partial charge on any atom is 0.163 e. The molecule has 0 N–H and O–H groups in total. The van der Waals surface area contributed by atoms with Gasteiger partial charge in [0, 0.05) is 18.8 Å². The molecule has 0 unspecified atom stereocenters. The highest BCUT2D eigenvalue weighted by Gasteiger charge is 2.25. The van der Waals surface area contributed by atoms with Crippen molar-refractivity contribution in [1.82, 2.24) is 4.98 Å². The highest BCUT2D eigenvalue weighted by atomic mass is 15.2. The molecule has 96 valence electrons. The smallest absolute Gasteiger partial charge is 0.163 e. The van der Waals surface area contributed by atoms with Gasteiger partial charge in [0.2, 0.25) is 0 Å². The Kier molecular flexibility index (Phi) is 4.19. The van der Waals surface area contributed by atoms with Crippen LogP contribution in [0, 0.1) is 17.2 Å². The van der Waals surface area contributed by atoms with Gasteiger partial charge in [0.1, 0.15) is 6.07 Å². The van der Waals surface area contributed by atoms with Crippen molar-refractivity contribution in [2.45, 2.75) is 45.6 Å². The Labute approximate surface area is 109 Å². The van der Waals surface area contributed by atoms with Crippen LogP contribution in [0.3, 0.4) is 0 Å². The Bertz CT molecular complexity index is 428. The number of nitrogens with zero attached hydrogens (tertiary/aromatic N) is 3. The molecule has 2 rings (SSSR count). The maximum absolute atomic E-state index is 9.21. The fourth-order valence-corrected chi connectivity index (χ4v) is 2.77. The molecule has 0 bridgehead atoms. The first-order chi connectivity index (χ1) is 8.72. The molecule has 0 atom stereocenters. The Balaban J connectivity index is 2.30. The van der Waals surface area contributed by atoms with Gasteiger partial charge in [-0.05, 0) is 30.9 Å². The van der Waals surface area contributed by atoms with Gasteiger partial charge in [0.25, 0.3) is 0 Å². The second-order valence-electron chi connectivity index (χ2n) is 5.47. The summed E-state index contributed by atoms with van der Waals surface area (Å²) in [6.07, 6.45) is 6.80. The topological polar surface area (TPSA) is 39.9 Å². The van der Waals surface area contributed by atoms with E-state index in [-0.39, 0.29) is 0 Å². The van der Waals surface area contributed by atoms with Crippen molar-refractivity contribution in [3.8, 4) is 6.07 Å². The zero-order valence-electron chi connectivity index (χ0n) is 11.3.